The van der Waals surface area contributed by atoms with Crippen LogP contribution in [-0.4, -0.2) is 25.5 Å². The highest BCUT2D eigenvalue weighted by Crippen LogP contribution is 2.32. The summed E-state index contributed by atoms with van der Waals surface area (Å²) >= 11 is 0. The number of fused-ring (bicyclic) bond motifs is 1. The molecule has 8 heteroatoms. The maximum atomic E-state index is 13.0. The predicted octanol–water partition coefficient (Wildman–Crippen LogP) is 3.81. The highest BCUT2D eigenvalue weighted by atomic mass is 19.4. The zero-order valence-electron chi connectivity index (χ0n) is 13.7. The lowest BCUT2D eigenvalue weighted by atomic mass is 10.1. The summed E-state index contributed by atoms with van der Waals surface area (Å²) in [5.41, 5.74) is -0.150. The fraction of sp³-hybridized carbons (Fsp3) is 0.353. The Hall–Kier alpha value is -2.82. The standard InChI is InChI=1S/C17H16F3N5/c1-3-24-14-8-15(17(18,19)20)22-10-13(14)23-16(24)11(2)25-7-5-4-6-12(25)9-21/h4-8,10-12H,3H2,1-2H3/t11?,12-/m1/s1. The first-order valence-corrected chi connectivity index (χ1v) is 7.82. The first-order valence-electron chi connectivity index (χ1n) is 7.82. The third-order valence-electron chi connectivity index (χ3n) is 4.21. The van der Waals surface area contributed by atoms with Crippen LogP contribution in [0.2, 0.25) is 0 Å². The summed E-state index contributed by atoms with van der Waals surface area (Å²) in [6, 6.07) is 2.48. The number of hydrogen-bond donors (Lipinski definition) is 0. The van der Waals surface area contributed by atoms with Gasteiger partial charge in [-0.2, -0.15) is 18.4 Å². The number of pyridine rings is 1. The summed E-state index contributed by atoms with van der Waals surface area (Å²) in [5.74, 6) is 0.596. The van der Waals surface area contributed by atoms with E-state index in [1.165, 1.54) is 0 Å². The van der Waals surface area contributed by atoms with Crippen molar-refractivity contribution in [2.24, 2.45) is 0 Å². The minimum Gasteiger partial charge on any atom is -0.349 e. The molecular formula is C17H16F3N5. The highest BCUT2D eigenvalue weighted by molar-refractivity contribution is 5.75. The van der Waals surface area contributed by atoms with E-state index in [2.05, 4.69) is 16.0 Å². The van der Waals surface area contributed by atoms with Gasteiger partial charge in [0.1, 0.15) is 23.1 Å². The lowest BCUT2D eigenvalue weighted by Crippen LogP contribution is -2.33. The van der Waals surface area contributed by atoms with Gasteiger partial charge in [-0.1, -0.05) is 6.08 Å². The number of nitriles is 1. The topological polar surface area (TPSA) is 57.7 Å². The molecule has 2 aromatic heterocycles. The molecule has 5 nitrogen and oxygen atoms in total. The molecule has 0 spiro atoms. The average molecular weight is 347 g/mol. The van der Waals surface area contributed by atoms with Crippen molar-refractivity contribution in [1.82, 2.24) is 19.4 Å². The van der Waals surface area contributed by atoms with E-state index in [1.807, 2.05) is 24.8 Å². The minimum atomic E-state index is -4.50. The van der Waals surface area contributed by atoms with E-state index in [1.54, 1.807) is 22.9 Å². The van der Waals surface area contributed by atoms with Crippen LogP contribution in [-0.2, 0) is 12.7 Å². The molecule has 0 radical (unpaired) electrons. The molecule has 3 rings (SSSR count). The fourth-order valence-corrected chi connectivity index (χ4v) is 2.98. The van der Waals surface area contributed by atoms with Crippen LogP contribution in [0.5, 0.6) is 0 Å². The van der Waals surface area contributed by atoms with E-state index in [-0.39, 0.29) is 6.04 Å². The summed E-state index contributed by atoms with van der Waals surface area (Å²) < 4.78 is 40.6. The van der Waals surface area contributed by atoms with Crippen LogP contribution in [0.1, 0.15) is 31.4 Å². The van der Waals surface area contributed by atoms with Crippen LogP contribution >= 0.6 is 0 Å². The smallest absolute Gasteiger partial charge is 0.349 e. The van der Waals surface area contributed by atoms with Crippen molar-refractivity contribution in [3.05, 3.63) is 48.2 Å². The third kappa shape index (κ3) is 2.97. The number of aryl methyl sites for hydroxylation is 1. The molecule has 1 unspecified atom stereocenters. The van der Waals surface area contributed by atoms with E-state index < -0.39 is 17.9 Å². The van der Waals surface area contributed by atoms with Crippen molar-refractivity contribution in [3.8, 4) is 6.07 Å². The van der Waals surface area contributed by atoms with E-state index in [9.17, 15) is 18.4 Å². The Balaban J connectivity index is 2.09. The molecule has 0 bridgehead atoms. The van der Waals surface area contributed by atoms with Gasteiger partial charge in [0.25, 0.3) is 0 Å². The van der Waals surface area contributed by atoms with Crippen molar-refractivity contribution >= 4 is 11.0 Å². The lowest BCUT2D eigenvalue weighted by Gasteiger charge is -2.31. The maximum Gasteiger partial charge on any atom is 0.433 e. The second kappa shape index (κ2) is 6.24. The number of alkyl halides is 3. The summed E-state index contributed by atoms with van der Waals surface area (Å²) in [6.07, 6.45) is 3.80. The van der Waals surface area contributed by atoms with Crippen LogP contribution < -0.4 is 0 Å². The number of rotatable bonds is 3. The normalized spacial score (nSPS) is 18.6. The van der Waals surface area contributed by atoms with Gasteiger partial charge in [-0.05, 0) is 32.1 Å². The number of allylic oxidation sites excluding steroid dienone is 2. The molecule has 130 valence electrons. The Labute approximate surface area is 142 Å². The Morgan fingerprint density at radius 3 is 2.76 bits per heavy atom. The van der Waals surface area contributed by atoms with Crippen molar-refractivity contribution in [1.29, 1.82) is 5.26 Å². The summed E-state index contributed by atoms with van der Waals surface area (Å²) in [7, 11) is 0. The van der Waals surface area contributed by atoms with Gasteiger partial charge in [0.15, 0.2) is 0 Å². The van der Waals surface area contributed by atoms with Crippen LogP contribution in [0.25, 0.3) is 11.0 Å². The number of aromatic nitrogens is 3. The first kappa shape index (κ1) is 17.0. The minimum absolute atomic E-state index is 0.285. The molecule has 2 atom stereocenters. The van der Waals surface area contributed by atoms with Gasteiger partial charge in [-0.25, -0.2) is 9.97 Å². The number of nitrogens with zero attached hydrogens (tertiary/aromatic N) is 5. The van der Waals surface area contributed by atoms with Gasteiger partial charge >= 0.3 is 6.18 Å². The van der Waals surface area contributed by atoms with Gasteiger partial charge < -0.3 is 9.47 Å². The van der Waals surface area contributed by atoms with E-state index >= 15 is 0 Å². The monoisotopic (exact) mass is 347 g/mol. The zero-order valence-corrected chi connectivity index (χ0v) is 13.7. The summed E-state index contributed by atoms with van der Waals surface area (Å²) in [5, 5.41) is 9.31. The van der Waals surface area contributed by atoms with Crippen LogP contribution in [0.4, 0.5) is 13.2 Å². The summed E-state index contributed by atoms with van der Waals surface area (Å²) in [6.45, 7) is 4.18. The molecule has 0 fully saturated rings. The van der Waals surface area contributed by atoms with Crippen molar-refractivity contribution in [2.45, 2.75) is 38.7 Å². The van der Waals surface area contributed by atoms with Crippen molar-refractivity contribution in [3.63, 3.8) is 0 Å². The molecule has 0 amide bonds. The highest BCUT2D eigenvalue weighted by Gasteiger charge is 2.33. The largest absolute Gasteiger partial charge is 0.433 e. The second-order valence-electron chi connectivity index (χ2n) is 5.69. The fourth-order valence-electron chi connectivity index (χ4n) is 2.98. The van der Waals surface area contributed by atoms with Gasteiger partial charge in [0.05, 0.1) is 23.8 Å². The molecule has 2 aromatic rings. The molecule has 3 heterocycles. The van der Waals surface area contributed by atoms with Gasteiger partial charge in [0, 0.05) is 12.7 Å². The molecule has 0 saturated carbocycles. The first-order chi connectivity index (χ1) is 11.9. The number of hydrogen-bond acceptors (Lipinski definition) is 4. The average Bonchev–Trinajstić information content (AvgIpc) is 2.98. The van der Waals surface area contributed by atoms with Gasteiger partial charge in [-0.3, -0.25) is 0 Å². The van der Waals surface area contributed by atoms with E-state index in [4.69, 9.17) is 0 Å². The second-order valence-corrected chi connectivity index (χ2v) is 5.69. The maximum absolute atomic E-state index is 13.0. The molecule has 25 heavy (non-hydrogen) atoms. The van der Waals surface area contributed by atoms with E-state index in [0.29, 0.717) is 23.4 Å². The predicted molar refractivity (Wildman–Crippen MR) is 86.1 cm³/mol. The zero-order chi connectivity index (χ0) is 18.2. The molecule has 1 aliphatic rings. The van der Waals surface area contributed by atoms with Gasteiger partial charge in [-0.15, -0.1) is 0 Å². The summed E-state index contributed by atoms with van der Waals surface area (Å²) in [4.78, 5) is 9.78. The SMILES string of the molecule is CCn1c(C(C)N2C=CC=C[C@@H]2C#N)nc2cnc(C(F)(F)F)cc21. The molecular weight excluding hydrogens is 331 g/mol. The molecule has 0 saturated heterocycles. The molecule has 0 N–H and O–H groups in total. The number of imidazole rings is 1. The molecule has 0 aliphatic carbocycles. The van der Waals surface area contributed by atoms with Gasteiger partial charge in [0.2, 0.25) is 0 Å². The van der Waals surface area contributed by atoms with Crippen LogP contribution in [0, 0.1) is 11.3 Å². The van der Waals surface area contributed by atoms with Crippen LogP contribution in [0.15, 0.2) is 36.7 Å². The molecule has 1 aliphatic heterocycles. The Morgan fingerprint density at radius 1 is 1.36 bits per heavy atom. The van der Waals surface area contributed by atoms with Crippen molar-refractivity contribution in [2.75, 3.05) is 0 Å². The Bertz CT molecular complexity index is 888. The molecule has 0 aromatic carbocycles. The lowest BCUT2D eigenvalue weighted by molar-refractivity contribution is -0.141. The Kier molecular flexibility index (Phi) is 4.25. The quantitative estimate of drug-likeness (QED) is 0.847. The van der Waals surface area contributed by atoms with Crippen molar-refractivity contribution < 1.29 is 13.2 Å². The Morgan fingerprint density at radius 2 is 2.12 bits per heavy atom. The van der Waals surface area contributed by atoms with E-state index in [0.717, 1.165) is 12.3 Å². The van der Waals surface area contributed by atoms with Crippen LogP contribution in [0.3, 0.4) is 0 Å². The number of halogens is 3. The third-order valence-corrected chi connectivity index (χ3v) is 4.21.